The smallest absolute Gasteiger partial charge is 0.319 e. The summed E-state index contributed by atoms with van der Waals surface area (Å²) in [5.41, 5.74) is 1.56. The first kappa shape index (κ1) is 21.8. The van der Waals surface area contributed by atoms with Crippen molar-refractivity contribution in [2.45, 2.75) is 13.1 Å². The van der Waals surface area contributed by atoms with Crippen molar-refractivity contribution in [1.29, 1.82) is 0 Å². The highest BCUT2D eigenvalue weighted by atomic mass is 16.5. The number of hydrogen-bond acceptors (Lipinski definition) is 6. The molecule has 4 aromatic rings. The van der Waals surface area contributed by atoms with Gasteiger partial charge in [0.1, 0.15) is 11.5 Å². The monoisotopic (exact) mass is 445 g/mol. The van der Waals surface area contributed by atoms with E-state index in [1.54, 1.807) is 43.6 Å². The highest BCUT2D eigenvalue weighted by Crippen LogP contribution is 2.28. The third-order valence-corrected chi connectivity index (χ3v) is 5.06. The summed E-state index contributed by atoms with van der Waals surface area (Å²) in [7, 11) is 3.07. The fraction of sp³-hybridized carbons (Fsp3) is 0.167. The summed E-state index contributed by atoms with van der Waals surface area (Å²) >= 11 is 0. The Balaban J connectivity index is 1.56. The number of hydrogen-bond donors (Lipinski definition) is 2. The van der Waals surface area contributed by atoms with E-state index in [1.807, 2.05) is 30.3 Å². The molecule has 0 saturated carbocycles. The van der Waals surface area contributed by atoms with E-state index in [-0.39, 0.29) is 18.6 Å². The van der Waals surface area contributed by atoms with Gasteiger partial charge in [0.25, 0.3) is 5.56 Å². The third-order valence-electron chi connectivity index (χ3n) is 5.06. The second kappa shape index (κ2) is 9.82. The minimum absolute atomic E-state index is 0.118. The molecule has 9 heteroatoms. The van der Waals surface area contributed by atoms with Crippen LogP contribution in [-0.2, 0) is 13.1 Å². The number of nitrogens with one attached hydrogen (secondary N) is 2. The Hall–Kier alpha value is -4.40. The summed E-state index contributed by atoms with van der Waals surface area (Å²) in [6, 6.07) is 17.4. The lowest BCUT2D eigenvalue weighted by molar-refractivity contribution is 0.251. The van der Waals surface area contributed by atoms with Crippen molar-refractivity contribution in [3.8, 4) is 11.5 Å². The summed E-state index contributed by atoms with van der Waals surface area (Å²) < 4.78 is 11.9. The van der Waals surface area contributed by atoms with Crippen LogP contribution in [0.15, 0.2) is 71.7 Å². The van der Waals surface area contributed by atoms with E-state index in [2.05, 4.69) is 20.7 Å². The Morgan fingerprint density at radius 1 is 1.00 bits per heavy atom. The molecule has 2 N–H and O–H groups in total. The van der Waals surface area contributed by atoms with E-state index in [9.17, 15) is 9.59 Å². The average Bonchev–Trinajstić information content (AvgIpc) is 2.86. The van der Waals surface area contributed by atoms with E-state index in [4.69, 9.17) is 9.47 Å². The number of pyridine rings is 1. The molecule has 0 radical (unpaired) electrons. The lowest BCUT2D eigenvalue weighted by Crippen LogP contribution is -2.31. The van der Waals surface area contributed by atoms with Crippen LogP contribution in [0, 0.1) is 0 Å². The lowest BCUT2D eigenvalue weighted by atomic mass is 10.1. The number of rotatable bonds is 7. The summed E-state index contributed by atoms with van der Waals surface area (Å²) in [5, 5.41) is 11.3. The predicted molar refractivity (Wildman–Crippen MR) is 125 cm³/mol. The SMILES string of the molecule is COc1ccc(NC(=O)NCc2nn(Cc3ccccn3)c(=O)c3ccccc23)c(OC)c1. The quantitative estimate of drug-likeness (QED) is 0.452. The summed E-state index contributed by atoms with van der Waals surface area (Å²) in [6.45, 7) is 0.347. The number of aromatic nitrogens is 3. The molecule has 2 heterocycles. The number of fused-ring (bicyclic) bond motifs is 1. The van der Waals surface area contributed by atoms with Crippen LogP contribution >= 0.6 is 0 Å². The van der Waals surface area contributed by atoms with Crippen LogP contribution in [-0.4, -0.2) is 35.0 Å². The Labute approximate surface area is 190 Å². The van der Waals surface area contributed by atoms with Crippen molar-refractivity contribution in [3.63, 3.8) is 0 Å². The van der Waals surface area contributed by atoms with Crippen LogP contribution in [0.1, 0.15) is 11.4 Å². The molecule has 9 nitrogen and oxygen atoms in total. The molecule has 0 aliphatic rings. The van der Waals surface area contributed by atoms with Crippen LogP contribution < -0.4 is 25.7 Å². The maximum atomic E-state index is 12.9. The number of methoxy groups -OCH3 is 2. The Bertz CT molecular complexity index is 1340. The van der Waals surface area contributed by atoms with E-state index < -0.39 is 6.03 Å². The number of nitrogens with zero attached hydrogens (tertiary/aromatic N) is 3. The second-order valence-corrected chi connectivity index (χ2v) is 7.15. The van der Waals surface area contributed by atoms with Crippen molar-refractivity contribution in [3.05, 3.63) is 88.6 Å². The normalized spacial score (nSPS) is 10.6. The molecular formula is C24H23N5O4. The van der Waals surface area contributed by atoms with Crippen LogP contribution in [0.4, 0.5) is 10.5 Å². The van der Waals surface area contributed by atoms with Crippen molar-refractivity contribution in [2.24, 2.45) is 0 Å². The zero-order valence-corrected chi connectivity index (χ0v) is 18.2. The maximum absolute atomic E-state index is 12.9. The fourth-order valence-electron chi connectivity index (χ4n) is 3.42. The largest absolute Gasteiger partial charge is 0.497 e. The molecule has 33 heavy (non-hydrogen) atoms. The molecule has 0 fully saturated rings. The number of amides is 2. The summed E-state index contributed by atoms with van der Waals surface area (Å²) in [5.74, 6) is 1.08. The number of urea groups is 1. The van der Waals surface area contributed by atoms with Crippen molar-refractivity contribution >= 4 is 22.5 Å². The first-order valence-electron chi connectivity index (χ1n) is 10.2. The molecule has 0 aliphatic heterocycles. The number of carbonyl (C=O) groups excluding carboxylic acids is 1. The Kier molecular flexibility index (Phi) is 6.49. The van der Waals surface area contributed by atoms with Gasteiger partial charge in [-0.25, -0.2) is 9.48 Å². The van der Waals surface area contributed by atoms with Gasteiger partial charge in [-0.1, -0.05) is 24.3 Å². The van der Waals surface area contributed by atoms with Gasteiger partial charge in [-0.2, -0.15) is 5.10 Å². The minimum Gasteiger partial charge on any atom is -0.497 e. The molecule has 0 saturated heterocycles. The molecule has 0 aliphatic carbocycles. The molecule has 0 bridgehead atoms. The van der Waals surface area contributed by atoms with E-state index in [1.165, 1.54) is 11.8 Å². The van der Waals surface area contributed by atoms with Gasteiger partial charge in [-0.15, -0.1) is 0 Å². The fourth-order valence-corrected chi connectivity index (χ4v) is 3.42. The van der Waals surface area contributed by atoms with Gasteiger partial charge >= 0.3 is 6.03 Å². The van der Waals surface area contributed by atoms with Crippen LogP contribution in [0.25, 0.3) is 10.8 Å². The van der Waals surface area contributed by atoms with Crippen molar-refractivity contribution in [1.82, 2.24) is 20.1 Å². The first-order valence-corrected chi connectivity index (χ1v) is 10.2. The number of benzene rings is 2. The Morgan fingerprint density at radius 2 is 1.79 bits per heavy atom. The van der Waals surface area contributed by atoms with Gasteiger partial charge in [0.15, 0.2) is 0 Å². The number of ether oxygens (including phenoxy) is 2. The number of carbonyl (C=O) groups is 1. The highest BCUT2D eigenvalue weighted by Gasteiger charge is 2.13. The lowest BCUT2D eigenvalue weighted by Gasteiger charge is -2.14. The highest BCUT2D eigenvalue weighted by molar-refractivity contribution is 5.91. The van der Waals surface area contributed by atoms with Gasteiger partial charge in [0.05, 0.1) is 49.8 Å². The van der Waals surface area contributed by atoms with Gasteiger partial charge < -0.3 is 20.1 Å². The van der Waals surface area contributed by atoms with Crippen molar-refractivity contribution < 1.29 is 14.3 Å². The van der Waals surface area contributed by atoms with Crippen LogP contribution in [0.3, 0.4) is 0 Å². The van der Waals surface area contributed by atoms with Gasteiger partial charge in [0.2, 0.25) is 0 Å². The first-order chi connectivity index (χ1) is 16.1. The molecule has 0 atom stereocenters. The van der Waals surface area contributed by atoms with Gasteiger partial charge in [-0.05, 0) is 30.3 Å². The predicted octanol–water partition coefficient (Wildman–Crippen LogP) is 3.18. The van der Waals surface area contributed by atoms with E-state index in [0.29, 0.717) is 39.3 Å². The topological polar surface area (TPSA) is 107 Å². The summed E-state index contributed by atoms with van der Waals surface area (Å²) in [6.07, 6.45) is 1.67. The second-order valence-electron chi connectivity index (χ2n) is 7.15. The average molecular weight is 445 g/mol. The van der Waals surface area contributed by atoms with Gasteiger partial charge in [-0.3, -0.25) is 9.78 Å². The van der Waals surface area contributed by atoms with E-state index in [0.717, 1.165) is 0 Å². The molecule has 168 valence electrons. The molecule has 4 rings (SSSR count). The van der Waals surface area contributed by atoms with E-state index >= 15 is 0 Å². The minimum atomic E-state index is -0.438. The number of anilines is 1. The zero-order chi connectivity index (χ0) is 23.2. The molecule has 0 unspecified atom stereocenters. The maximum Gasteiger partial charge on any atom is 0.319 e. The molecular weight excluding hydrogens is 422 g/mol. The molecule has 0 spiro atoms. The molecule has 2 aromatic carbocycles. The third kappa shape index (κ3) is 4.93. The van der Waals surface area contributed by atoms with Crippen molar-refractivity contribution in [2.75, 3.05) is 19.5 Å². The Morgan fingerprint density at radius 3 is 2.52 bits per heavy atom. The van der Waals surface area contributed by atoms with Crippen LogP contribution in [0.2, 0.25) is 0 Å². The zero-order valence-electron chi connectivity index (χ0n) is 18.2. The van der Waals surface area contributed by atoms with Gasteiger partial charge in [0, 0.05) is 17.6 Å². The standard InChI is InChI=1S/C24H23N5O4/c1-32-17-10-11-20(22(13-17)33-2)27-24(31)26-14-21-18-8-3-4-9-19(18)23(30)29(28-21)15-16-7-5-6-12-25-16/h3-13H,14-15H2,1-2H3,(H2,26,27,31). The molecule has 2 aromatic heterocycles. The van der Waals surface area contributed by atoms with Crippen LogP contribution in [0.5, 0.6) is 11.5 Å². The summed E-state index contributed by atoms with van der Waals surface area (Å²) in [4.78, 5) is 29.8. The molecule has 2 amide bonds.